The van der Waals surface area contributed by atoms with Crippen LogP contribution in [0.5, 0.6) is 0 Å². The van der Waals surface area contributed by atoms with Crippen LogP contribution >= 0.6 is 11.8 Å². The summed E-state index contributed by atoms with van der Waals surface area (Å²) in [6, 6.07) is -0.281. The SMILES string of the molecule is CCC1C(=O)NC(C)(C2CC2)C(=O)N1CCSC. The highest BCUT2D eigenvalue weighted by atomic mass is 32.2. The van der Waals surface area contributed by atoms with E-state index in [1.807, 2.05) is 20.1 Å². The number of hydrogen-bond acceptors (Lipinski definition) is 3. The molecule has 1 N–H and O–H groups in total. The van der Waals surface area contributed by atoms with E-state index in [-0.39, 0.29) is 17.9 Å². The lowest BCUT2D eigenvalue weighted by Gasteiger charge is -2.44. The number of hydrogen-bond donors (Lipinski definition) is 1. The van der Waals surface area contributed by atoms with E-state index in [1.54, 1.807) is 16.7 Å². The molecule has 2 rings (SSSR count). The fraction of sp³-hybridized carbons (Fsp3) is 0.846. The van der Waals surface area contributed by atoms with Gasteiger partial charge in [0.1, 0.15) is 11.6 Å². The zero-order valence-corrected chi connectivity index (χ0v) is 12.2. The zero-order valence-electron chi connectivity index (χ0n) is 11.4. The Kier molecular flexibility index (Phi) is 3.90. The molecular formula is C13H22N2O2S. The summed E-state index contributed by atoms with van der Waals surface area (Å²) in [4.78, 5) is 26.6. The average molecular weight is 270 g/mol. The van der Waals surface area contributed by atoms with Crippen LogP contribution < -0.4 is 5.32 Å². The van der Waals surface area contributed by atoms with Crippen LogP contribution in [0.15, 0.2) is 0 Å². The highest BCUT2D eigenvalue weighted by Crippen LogP contribution is 2.42. The number of rotatable bonds is 5. The summed E-state index contributed by atoms with van der Waals surface area (Å²) in [7, 11) is 0. The molecule has 1 aliphatic heterocycles. The van der Waals surface area contributed by atoms with E-state index < -0.39 is 5.54 Å². The van der Waals surface area contributed by atoms with Crippen LogP contribution in [-0.4, -0.2) is 46.8 Å². The van der Waals surface area contributed by atoms with Crippen molar-refractivity contribution in [3.05, 3.63) is 0 Å². The zero-order chi connectivity index (χ0) is 13.3. The molecule has 2 amide bonds. The average Bonchev–Trinajstić information content (AvgIpc) is 3.16. The Bertz CT molecular complexity index is 357. The van der Waals surface area contributed by atoms with Gasteiger partial charge in [0.2, 0.25) is 11.8 Å². The molecule has 0 bridgehead atoms. The molecule has 0 aromatic carbocycles. The third-order valence-electron chi connectivity index (χ3n) is 4.08. The number of nitrogens with zero attached hydrogens (tertiary/aromatic N) is 1. The maximum absolute atomic E-state index is 12.7. The predicted molar refractivity (Wildman–Crippen MR) is 73.4 cm³/mol. The van der Waals surface area contributed by atoms with Crippen LogP contribution in [0.25, 0.3) is 0 Å². The van der Waals surface area contributed by atoms with Gasteiger partial charge in [0.15, 0.2) is 0 Å². The number of nitrogens with one attached hydrogen (secondary N) is 1. The molecule has 1 aliphatic carbocycles. The minimum absolute atomic E-state index is 0.0209. The van der Waals surface area contributed by atoms with E-state index in [0.29, 0.717) is 18.9 Å². The third kappa shape index (κ3) is 2.25. The van der Waals surface area contributed by atoms with E-state index in [9.17, 15) is 9.59 Å². The van der Waals surface area contributed by atoms with Crippen molar-refractivity contribution in [3.8, 4) is 0 Å². The van der Waals surface area contributed by atoms with Crippen molar-refractivity contribution in [1.29, 1.82) is 0 Å². The summed E-state index contributed by atoms with van der Waals surface area (Å²) >= 11 is 1.71. The summed E-state index contributed by atoms with van der Waals surface area (Å²) in [6.45, 7) is 4.53. The van der Waals surface area contributed by atoms with Gasteiger partial charge in [-0.25, -0.2) is 0 Å². The minimum Gasteiger partial charge on any atom is -0.340 e. The van der Waals surface area contributed by atoms with Crippen LogP contribution in [0, 0.1) is 5.92 Å². The highest BCUT2D eigenvalue weighted by Gasteiger charge is 2.54. The number of amides is 2. The molecule has 0 aromatic heterocycles. The molecule has 1 heterocycles. The molecule has 0 radical (unpaired) electrons. The monoisotopic (exact) mass is 270 g/mol. The quantitative estimate of drug-likeness (QED) is 0.818. The van der Waals surface area contributed by atoms with E-state index in [1.165, 1.54) is 0 Å². The van der Waals surface area contributed by atoms with Gasteiger partial charge < -0.3 is 10.2 Å². The number of thioether (sulfide) groups is 1. The van der Waals surface area contributed by atoms with E-state index >= 15 is 0 Å². The van der Waals surface area contributed by atoms with Crippen LogP contribution in [0.3, 0.4) is 0 Å². The molecular weight excluding hydrogens is 248 g/mol. The normalized spacial score (nSPS) is 32.6. The van der Waals surface area contributed by atoms with Crippen molar-refractivity contribution in [2.75, 3.05) is 18.6 Å². The molecule has 102 valence electrons. The van der Waals surface area contributed by atoms with E-state index in [2.05, 4.69) is 5.32 Å². The molecule has 1 saturated heterocycles. The lowest BCUT2D eigenvalue weighted by atomic mass is 9.89. The molecule has 2 atom stereocenters. The first kappa shape index (κ1) is 13.7. The van der Waals surface area contributed by atoms with Gasteiger partial charge in [-0.05, 0) is 38.4 Å². The van der Waals surface area contributed by atoms with Gasteiger partial charge in [-0.1, -0.05) is 6.92 Å². The Hall–Kier alpha value is -0.710. The topological polar surface area (TPSA) is 49.4 Å². The lowest BCUT2D eigenvalue weighted by molar-refractivity contribution is -0.155. The van der Waals surface area contributed by atoms with Gasteiger partial charge in [0.25, 0.3) is 0 Å². The summed E-state index contributed by atoms with van der Waals surface area (Å²) in [6.07, 6.45) is 4.81. The third-order valence-corrected chi connectivity index (χ3v) is 4.67. The molecule has 5 heteroatoms. The van der Waals surface area contributed by atoms with Crippen molar-refractivity contribution in [3.63, 3.8) is 0 Å². The van der Waals surface area contributed by atoms with E-state index in [4.69, 9.17) is 0 Å². The Labute approximate surface area is 113 Å². The summed E-state index contributed by atoms with van der Waals surface area (Å²) in [5.41, 5.74) is -0.652. The number of piperazine rings is 1. The van der Waals surface area contributed by atoms with Crippen molar-refractivity contribution in [2.45, 2.75) is 44.7 Å². The highest BCUT2D eigenvalue weighted by molar-refractivity contribution is 7.98. The molecule has 2 fully saturated rings. The summed E-state index contributed by atoms with van der Waals surface area (Å²) in [5.74, 6) is 1.36. The fourth-order valence-electron chi connectivity index (χ4n) is 2.76. The molecule has 4 nitrogen and oxygen atoms in total. The second-order valence-electron chi connectivity index (χ2n) is 5.38. The van der Waals surface area contributed by atoms with Gasteiger partial charge in [-0.2, -0.15) is 11.8 Å². The first-order valence-corrected chi connectivity index (χ1v) is 8.06. The van der Waals surface area contributed by atoms with Crippen LogP contribution in [-0.2, 0) is 9.59 Å². The number of carbonyl (C=O) groups is 2. The second kappa shape index (κ2) is 5.11. The smallest absolute Gasteiger partial charge is 0.249 e. The molecule has 1 saturated carbocycles. The van der Waals surface area contributed by atoms with Crippen molar-refractivity contribution in [2.24, 2.45) is 5.92 Å². The van der Waals surface area contributed by atoms with Gasteiger partial charge in [-0.3, -0.25) is 9.59 Å². The Morgan fingerprint density at radius 2 is 2.11 bits per heavy atom. The number of carbonyl (C=O) groups excluding carboxylic acids is 2. The van der Waals surface area contributed by atoms with Crippen LogP contribution in [0.4, 0.5) is 0 Å². The lowest BCUT2D eigenvalue weighted by Crippen LogP contribution is -2.70. The van der Waals surface area contributed by atoms with Gasteiger partial charge in [0.05, 0.1) is 0 Å². The van der Waals surface area contributed by atoms with Gasteiger partial charge in [-0.15, -0.1) is 0 Å². The largest absolute Gasteiger partial charge is 0.340 e. The van der Waals surface area contributed by atoms with Gasteiger partial charge >= 0.3 is 0 Å². The maximum Gasteiger partial charge on any atom is 0.249 e. The summed E-state index contributed by atoms with van der Waals surface area (Å²) in [5, 5.41) is 2.97. The van der Waals surface area contributed by atoms with Crippen molar-refractivity contribution >= 4 is 23.6 Å². The van der Waals surface area contributed by atoms with Crippen molar-refractivity contribution in [1.82, 2.24) is 10.2 Å². The van der Waals surface area contributed by atoms with Gasteiger partial charge in [0, 0.05) is 12.3 Å². The molecule has 2 aliphatic rings. The maximum atomic E-state index is 12.7. The van der Waals surface area contributed by atoms with Crippen LogP contribution in [0.1, 0.15) is 33.1 Å². The standard InChI is InChI=1S/C13H22N2O2S/c1-4-10-11(16)14-13(2,9-5-6-9)12(17)15(10)7-8-18-3/h9-10H,4-8H2,1-3H3,(H,14,16). The second-order valence-corrected chi connectivity index (χ2v) is 6.37. The first-order valence-electron chi connectivity index (χ1n) is 6.66. The van der Waals surface area contributed by atoms with Crippen molar-refractivity contribution < 1.29 is 9.59 Å². The van der Waals surface area contributed by atoms with Crippen LogP contribution in [0.2, 0.25) is 0 Å². The Morgan fingerprint density at radius 1 is 1.44 bits per heavy atom. The Morgan fingerprint density at radius 3 is 2.61 bits per heavy atom. The fourth-order valence-corrected chi connectivity index (χ4v) is 3.14. The Balaban J connectivity index is 2.20. The molecule has 18 heavy (non-hydrogen) atoms. The molecule has 0 aromatic rings. The predicted octanol–water partition coefficient (Wildman–Crippen LogP) is 1.26. The first-order chi connectivity index (χ1) is 8.54. The molecule has 0 spiro atoms. The summed E-state index contributed by atoms with van der Waals surface area (Å²) < 4.78 is 0. The molecule has 2 unspecified atom stereocenters. The van der Waals surface area contributed by atoms with E-state index in [0.717, 1.165) is 18.6 Å². The minimum atomic E-state index is -0.652.